The Morgan fingerprint density at radius 1 is 1.04 bits per heavy atom. The molecule has 1 amide bonds. The molecule has 0 bridgehead atoms. The van der Waals surface area contributed by atoms with Crippen molar-refractivity contribution in [2.24, 2.45) is 0 Å². The second kappa shape index (κ2) is 6.99. The van der Waals surface area contributed by atoms with E-state index in [2.05, 4.69) is 10.4 Å². The van der Waals surface area contributed by atoms with Crippen molar-refractivity contribution in [1.82, 2.24) is 9.19 Å². The van der Waals surface area contributed by atoms with Gasteiger partial charge >= 0.3 is 0 Å². The molecule has 1 aromatic heterocycles. The predicted molar refractivity (Wildman–Crippen MR) is 101 cm³/mol. The van der Waals surface area contributed by atoms with Gasteiger partial charge in [0.25, 0.3) is 10.0 Å². The van der Waals surface area contributed by atoms with Crippen LogP contribution in [0, 0.1) is 0 Å². The topological polar surface area (TPSA) is 107 Å². The lowest BCUT2D eigenvalue weighted by Crippen LogP contribution is -2.16. The summed E-state index contributed by atoms with van der Waals surface area (Å²) in [6.45, 7) is 0. The number of carbonyl (C=O) groups is 1. The largest absolute Gasteiger partial charge is 0.399 e. The van der Waals surface area contributed by atoms with Crippen LogP contribution >= 0.6 is 23.2 Å². The number of nitrogen functional groups attached to an aromatic ring is 1. The maximum absolute atomic E-state index is 13.0. The van der Waals surface area contributed by atoms with Gasteiger partial charge in [0.1, 0.15) is 10.7 Å². The lowest BCUT2D eigenvalue weighted by atomic mass is 10.1. The fourth-order valence-corrected chi connectivity index (χ4v) is 4.05. The minimum absolute atomic E-state index is 0.0153. The molecule has 0 atom stereocenters. The summed E-state index contributed by atoms with van der Waals surface area (Å²) in [5, 5.41) is 6.71. The normalized spacial score (nSPS) is 11.3. The van der Waals surface area contributed by atoms with Gasteiger partial charge in [0.2, 0.25) is 6.41 Å². The first-order chi connectivity index (χ1) is 12.3. The highest BCUT2D eigenvalue weighted by Gasteiger charge is 2.27. The molecule has 3 rings (SSSR count). The summed E-state index contributed by atoms with van der Waals surface area (Å²) in [6, 6.07) is 12.0. The van der Waals surface area contributed by atoms with Gasteiger partial charge in [-0.2, -0.15) is 8.42 Å². The van der Waals surface area contributed by atoms with Crippen molar-refractivity contribution >= 4 is 51.1 Å². The minimum atomic E-state index is -4.09. The van der Waals surface area contributed by atoms with Gasteiger partial charge in [-0.1, -0.05) is 35.3 Å². The average Bonchev–Trinajstić information content (AvgIpc) is 2.94. The zero-order valence-corrected chi connectivity index (χ0v) is 15.4. The quantitative estimate of drug-likeness (QED) is 0.495. The summed E-state index contributed by atoms with van der Waals surface area (Å²) in [4.78, 5) is 10.8. The number of rotatable bonds is 5. The van der Waals surface area contributed by atoms with Gasteiger partial charge in [0.05, 0.1) is 4.90 Å². The van der Waals surface area contributed by atoms with E-state index in [9.17, 15) is 13.2 Å². The number of anilines is 2. The average molecular weight is 411 g/mol. The third kappa shape index (κ3) is 3.26. The summed E-state index contributed by atoms with van der Waals surface area (Å²) in [5.74, 6) is -0.0781. The fourth-order valence-electron chi connectivity index (χ4n) is 2.29. The van der Waals surface area contributed by atoms with Crippen molar-refractivity contribution in [3.05, 3.63) is 58.6 Å². The molecule has 3 aromatic rings. The van der Waals surface area contributed by atoms with Crippen molar-refractivity contribution < 1.29 is 13.2 Å². The molecular formula is C16H12Cl2N4O3S. The van der Waals surface area contributed by atoms with Crippen LogP contribution in [0.4, 0.5) is 11.5 Å². The Morgan fingerprint density at radius 3 is 2.23 bits per heavy atom. The summed E-state index contributed by atoms with van der Waals surface area (Å²) in [5.41, 5.74) is 6.60. The third-order valence-electron chi connectivity index (χ3n) is 3.52. The van der Waals surface area contributed by atoms with Crippen molar-refractivity contribution in [3.63, 3.8) is 0 Å². The maximum atomic E-state index is 13.0. The molecule has 3 N–H and O–H groups in total. The molecule has 134 valence electrons. The molecule has 0 radical (unpaired) electrons. The molecule has 0 aliphatic heterocycles. The zero-order chi connectivity index (χ0) is 18.9. The number of aromatic nitrogens is 2. The number of benzene rings is 2. The van der Waals surface area contributed by atoms with Gasteiger partial charge in [-0.05, 0) is 36.4 Å². The smallest absolute Gasteiger partial charge is 0.283 e. The highest BCUT2D eigenvalue weighted by molar-refractivity contribution is 7.90. The van der Waals surface area contributed by atoms with E-state index in [1.54, 1.807) is 24.3 Å². The number of carbonyl (C=O) groups excluding carboxylic acids is 1. The van der Waals surface area contributed by atoms with Crippen LogP contribution in [-0.2, 0) is 14.8 Å². The van der Waals surface area contributed by atoms with Gasteiger partial charge in [-0.3, -0.25) is 4.79 Å². The van der Waals surface area contributed by atoms with E-state index in [4.69, 9.17) is 28.9 Å². The summed E-state index contributed by atoms with van der Waals surface area (Å²) in [6.07, 6.45) is 0.361. The second-order valence-electron chi connectivity index (χ2n) is 5.20. The number of amides is 1. The molecule has 0 saturated heterocycles. The van der Waals surface area contributed by atoms with E-state index in [0.717, 1.165) is 4.09 Å². The van der Waals surface area contributed by atoms with E-state index in [1.807, 2.05) is 0 Å². The third-order valence-corrected chi connectivity index (χ3v) is 5.71. The van der Waals surface area contributed by atoms with Gasteiger partial charge < -0.3 is 11.1 Å². The van der Waals surface area contributed by atoms with Crippen LogP contribution in [0.25, 0.3) is 11.3 Å². The standard InChI is InChI=1S/C16H12Cl2N4O3S/c17-11-3-1-10(2-4-11)15-14(18)16(20-9-23)21-22(15)26(24,25)13-7-5-12(19)6-8-13/h1-9H,19H2,(H,20,21,23). The number of nitrogens with zero attached hydrogens (tertiary/aromatic N) is 2. The maximum Gasteiger partial charge on any atom is 0.283 e. The molecule has 7 nitrogen and oxygen atoms in total. The Balaban J connectivity index is 2.26. The fraction of sp³-hybridized carbons (Fsp3) is 0. The van der Waals surface area contributed by atoms with E-state index in [-0.39, 0.29) is 21.4 Å². The van der Waals surface area contributed by atoms with Crippen molar-refractivity contribution in [2.45, 2.75) is 4.90 Å². The highest BCUT2D eigenvalue weighted by Crippen LogP contribution is 2.36. The number of hydrogen-bond acceptors (Lipinski definition) is 5. The SMILES string of the molecule is Nc1ccc(S(=O)(=O)n2nc(NC=O)c(Cl)c2-c2ccc(Cl)cc2)cc1. The van der Waals surface area contributed by atoms with E-state index in [0.29, 0.717) is 22.7 Å². The van der Waals surface area contributed by atoms with Gasteiger partial charge in [0.15, 0.2) is 5.82 Å². The lowest BCUT2D eigenvalue weighted by Gasteiger charge is -2.09. The molecule has 10 heteroatoms. The predicted octanol–water partition coefficient (Wildman–Crippen LogP) is 3.24. The first kappa shape index (κ1) is 18.2. The summed E-state index contributed by atoms with van der Waals surface area (Å²) < 4.78 is 26.8. The molecule has 1 heterocycles. The number of halogens is 2. The van der Waals surface area contributed by atoms with Crippen LogP contribution in [0.15, 0.2) is 53.4 Å². The number of nitrogens with one attached hydrogen (secondary N) is 1. The molecule has 0 aliphatic carbocycles. The molecule has 0 aliphatic rings. The Bertz CT molecular complexity index is 1060. The van der Waals surface area contributed by atoms with E-state index < -0.39 is 10.0 Å². The molecule has 0 fully saturated rings. The van der Waals surface area contributed by atoms with Crippen LogP contribution in [0.2, 0.25) is 10.0 Å². The Kier molecular flexibility index (Phi) is 4.90. The minimum Gasteiger partial charge on any atom is -0.399 e. The summed E-state index contributed by atoms with van der Waals surface area (Å²) in [7, 11) is -4.09. The molecular weight excluding hydrogens is 399 g/mol. The van der Waals surface area contributed by atoms with Crippen molar-refractivity contribution in [3.8, 4) is 11.3 Å². The monoisotopic (exact) mass is 410 g/mol. The van der Waals surface area contributed by atoms with Crippen molar-refractivity contribution in [2.75, 3.05) is 11.1 Å². The van der Waals surface area contributed by atoms with Gasteiger partial charge in [-0.15, -0.1) is 9.19 Å². The molecule has 0 unspecified atom stereocenters. The van der Waals surface area contributed by atoms with Crippen molar-refractivity contribution in [1.29, 1.82) is 0 Å². The number of hydrogen-bond donors (Lipinski definition) is 2. The number of nitrogens with two attached hydrogens (primary N) is 1. The Labute approximate surface area is 159 Å². The molecule has 2 aromatic carbocycles. The van der Waals surface area contributed by atoms with Crippen LogP contribution < -0.4 is 11.1 Å². The van der Waals surface area contributed by atoms with E-state index in [1.165, 1.54) is 24.3 Å². The molecule has 0 spiro atoms. The van der Waals surface area contributed by atoms with E-state index >= 15 is 0 Å². The Morgan fingerprint density at radius 2 is 1.65 bits per heavy atom. The van der Waals surface area contributed by atoms with Crippen LogP contribution in [-0.4, -0.2) is 24.0 Å². The second-order valence-corrected chi connectivity index (χ2v) is 7.78. The summed E-state index contributed by atoms with van der Waals surface area (Å²) >= 11 is 12.2. The molecule has 26 heavy (non-hydrogen) atoms. The highest BCUT2D eigenvalue weighted by atomic mass is 35.5. The van der Waals surface area contributed by atoms with Crippen LogP contribution in [0.1, 0.15) is 0 Å². The van der Waals surface area contributed by atoms with Gasteiger partial charge in [-0.25, -0.2) is 0 Å². The first-order valence-corrected chi connectivity index (χ1v) is 9.40. The first-order valence-electron chi connectivity index (χ1n) is 7.20. The molecule has 0 saturated carbocycles. The zero-order valence-electron chi connectivity index (χ0n) is 13.1. The van der Waals surface area contributed by atoms with Crippen LogP contribution in [0.3, 0.4) is 0 Å². The lowest BCUT2D eigenvalue weighted by molar-refractivity contribution is -0.105. The van der Waals surface area contributed by atoms with Crippen LogP contribution in [0.5, 0.6) is 0 Å². The Hall–Kier alpha value is -2.55. The van der Waals surface area contributed by atoms with Gasteiger partial charge in [0, 0.05) is 16.3 Å².